The molecule has 80 valence electrons. The van der Waals surface area contributed by atoms with Crippen molar-refractivity contribution in [2.45, 2.75) is 13.5 Å². The molecular weight excluding hydrogens is 206 g/mol. The molecule has 2 rings (SSSR count). The number of nitrogens with zero attached hydrogens (tertiary/aromatic N) is 2. The number of aliphatic imine (C=N–C) groups is 1. The van der Waals surface area contributed by atoms with Crippen molar-refractivity contribution in [2.24, 2.45) is 10.9 Å². The SMILES string of the molecule is CC1CN=C(NCc2ccccn2)SC1. The lowest BCUT2D eigenvalue weighted by molar-refractivity contribution is 0.668. The molecule has 0 spiro atoms. The Morgan fingerprint density at radius 1 is 1.53 bits per heavy atom. The van der Waals surface area contributed by atoms with E-state index in [0.717, 1.165) is 29.7 Å². The van der Waals surface area contributed by atoms with Gasteiger partial charge in [0.15, 0.2) is 5.17 Å². The van der Waals surface area contributed by atoms with Crippen LogP contribution in [-0.4, -0.2) is 22.4 Å². The molecular formula is C11H15N3S. The van der Waals surface area contributed by atoms with Crippen LogP contribution in [0.4, 0.5) is 0 Å². The summed E-state index contributed by atoms with van der Waals surface area (Å²) in [6.07, 6.45) is 1.81. The van der Waals surface area contributed by atoms with Gasteiger partial charge >= 0.3 is 0 Å². The molecule has 1 aliphatic rings. The topological polar surface area (TPSA) is 37.3 Å². The summed E-state index contributed by atoms with van der Waals surface area (Å²) in [7, 11) is 0. The molecule has 1 aromatic rings. The number of rotatable bonds is 2. The predicted molar refractivity (Wildman–Crippen MR) is 65.0 cm³/mol. The number of pyridine rings is 1. The maximum absolute atomic E-state index is 4.47. The van der Waals surface area contributed by atoms with E-state index in [-0.39, 0.29) is 0 Å². The normalized spacial score (nSPS) is 20.9. The molecule has 15 heavy (non-hydrogen) atoms. The number of amidine groups is 1. The monoisotopic (exact) mass is 221 g/mol. The van der Waals surface area contributed by atoms with Gasteiger partial charge < -0.3 is 5.32 Å². The first kappa shape index (κ1) is 10.5. The lowest BCUT2D eigenvalue weighted by atomic mass is 10.2. The smallest absolute Gasteiger partial charge is 0.156 e. The Hall–Kier alpha value is -1.03. The van der Waals surface area contributed by atoms with Crippen LogP contribution in [0, 0.1) is 5.92 Å². The van der Waals surface area contributed by atoms with Gasteiger partial charge in [0, 0.05) is 18.5 Å². The molecule has 1 aromatic heterocycles. The second kappa shape index (κ2) is 5.16. The summed E-state index contributed by atoms with van der Waals surface area (Å²) in [4.78, 5) is 8.72. The van der Waals surface area contributed by atoms with Crippen LogP contribution in [0.2, 0.25) is 0 Å². The second-order valence-corrected chi connectivity index (χ2v) is 4.75. The fraction of sp³-hybridized carbons (Fsp3) is 0.455. The van der Waals surface area contributed by atoms with E-state index in [2.05, 4.69) is 22.2 Å². The summed E-state index contributed by atoms with van der Waals surface area (Å²) in [5.41, 5.74) is 1.06. The molecule has 0 fully saturated rings. The molecule has 2 heterocycles. The van der Waals surface area contributed by atoms with Crippen molar-refractivity contribution < 1.29 is 0 Å². The molecule has 1 unspecified atom stereocenters. The number of nitrogens with one attached hydrogen (secondary N) is 1. The summed E-state index contributed by atoms with van der Waals surface area (Å²) < 4.78 is 0. The lowest BCUT2D eigenvalue weighted by Crippen LogP contribution is -2.26. The van der Waals surface area contributed by atoms with E-state index in [1.54, 1.807) is 11.8 Å². The Balaban J connectivity index is 1.84. The van der Waals surface area contributed by atoms with Crippen molar-refractivity contribution in [1.29, 1.82) is 0 Å². The van der Waals surface area contributed by atoms with Gasteiger partial charge in [-0.15, -0.1) is 0 Å². The molecule has 4 heteroatoms. The molecule has 0 radical (unpaired) electrons. The minimum atomic E-state index is 0.704. The highest BCUT2D eigenvalue weighted by atomic mass is 32.2. The van der Waals surface area contributed by atoms with Crippen LogP contribution in [0.1, 0.15) is 12.6 Å². The molecule has 0 aliphatic carbocycles. The van der Waals surface area contributed by atoms with Crippen LogP contribution in [0.5, 0.6) is 0 Å². The van der Waals surface area contributed by atoms with Crippen molar-refractivity contribution in [3.63, 3.8) is 0 Å². The largest absolute Gasteiger partial charge is 0.359 e. The van der Waals surface area contributed by atoms with E-state index in [4.69, 9.17) is 0 Å². The average Bonchev–Trinajstić information content (AvgIpc) is 2.30. The Labute approximate surface area is 94.4 Å². The van der Waals surface area contributed by atoms with Crippen LogP contribution in [0.25, 0.3) is 0 Å². The fourth-order valence-electron chi connectivity index (χ4n) is 1.33. The van der Waals surface area contributed by atoms with Gasteiger partial charge in [-0.3, -0.25) is 9.98 Å². The van der Waals surface area contributed by atoms with E-state index < -0.39 is 0 Å². The Morgan fingerprint density at radius 2 is 2.47 bits per heavy atom. The fourth-order valence-corrected chi connectivity index (χ4v) is 2.22. The minimum absolute atomic E-state index is 0.704. The molecule has 0 saturated carbocycles. The van der Waals surface area contributed by atoms with Crippen molar-refractivity contribution >= 4 is 16.9 Å². The first-order valence-electron chi connectivity index (χ1n) is 5.15. The van der Waals surface area contributed by atoms with Crippen LogP contribution >= 0.6 is 11.8 Å². The highest BCUT2D eigenvalue weighted by molar-refractivity contribution is 8.13. The highest BCUT2D eigenvalue weighted by Crippen LogP contribution is 2.15. The van der Waals surface area contributed by atoms with Gasteiger partial charge in [-0.25, -0.2) is 0 Å². The zero-order valence-corrected chi connectivity index (χ0v) is 9.63. The number of thioether (sulfide) groups is 1. The van der Waals surface area contributed by atoms with Gasteiger partial charge in [-0.2, -0.15) is 0 Å². The molecule has 0 aromatic carbocycles. The molecule has 1 N–H and O–H groups in total. The Kier molecular flexibility index (Phi) is 3.61. The highest BCUT2D eigenvalue weighted by Gasteiger charge is 2.11. The van der Waals surface area contributed by atoms with E-state index in [1.807, 2.05) is 24.4 Å². The van der Waals surface area contributed by atoms with E-state index in [1.165, 1.54) is 0 Å². The molecule has 1 atom stereocenters. The third kappa shape index (κ3) is 3.23. The van der Waals surface area contributed by atoms with Crippen molar-refractivity contribution in [3.8, 4) is 0 Å². The zero-order chi connectivity index (χ0) is 10.5. The third-order valence-corrected chi connectivity index (χ3v) is 3.48. The second-order valence-electron chi connectivity index (χ2n) is 3.74. The predicted octanol–water partition coefficient (Wildman–Crippen LogP) is 1.91. The first-order valence-corrected chi connectivity index (χ1v) is 6.14. The summed E-state index contributed by atoms with van der Waals surface area (Å²) in [6.45, 7) is 3.94. The molecule has 0 amide bonds. The van der Waals surface area contributed by atoms with Gasteiger partial charge in [0.1, 0.15) is 0 Å². The van der Waals surface area contributed by atoms with Gasteiger partial charge in [0.2, 0.25) is 0 Å². The zero-order valence-electron chi connectivity index (χ0n) is 8.81. The Morgan fingerprint density at radius 3 is 3.13 bits per heavy atom. The number of hydrogen-bond acceptors (Lipinski definition) is 4. The van der Waals surface area contributed by atoms with Gasteiger partial charge in [-0.05, 0) is 18.1 Å². The first-order chi connectivity index (χ1) is 7.34. The average molecular weight is 221 g/mol. The van der Waals surface area contributed by atoms with Gasteiger partial charge in [0.05, 0.1) is 12.2 Å². The van der Waals surface area contributed by atoms with Crippen molar-refractivity contribution in [2.75, 3.05) is 12.3 Å². The van der Waals surface area contributed by atoms with E-state index >= 15 is 0 Å². The summed E-state index contributed by atoms with van der Waals surface area (Å²) in [5.74, 6) is 1.86. The van der Waals surface area contributed by atoms with Crippen molar-refractivity contribution in [3.05, 3.63) is 30.1 Å². The van der Waals surface area contributed by atoms with Gasteiger partial charge in [-0.1, -0.05) is 24.8 Å². The summed E-state index contributed by atoms with van der Waals surface area (Å²) in [5, 5.41) is 4.36. The van der Waals surface area contributed by atoms with E-state index in [9.17, 15) is 0 Å². The van der Waals surface area contributed by atoms with Gasteiger partial charge in [0.25, 0.3) is 0 Å². The van der Waals surface area contributed by atoms with Crippen LogP contribution in [-0.2, 0) is 6.54 Å². The van der Waals surface area contributed by atoms with E-state index in [0.29, 0.717) is 5.92 Å². The standard InChI is InChI=1S/C11H15N3S/c1-9-6-13-11(15-8-9)14-7-10-4-2-3-5-12-10/h2-5,9H,6-8H2,1H3,(H,13,14). The van der Waals surface area contributed by atoms with Crippen LogP contribution < -0.4 is 5.32 Å². The number of aromatic nitrogens is 1. The quantitative estimate of drug-likeness (QED) is 0.829. The lowest BCUT2D eigenvalue weighted by Gasteiger charge is -2.17. The molecule has 0 bridgehead atoms. The maximum atomic E-state index is 4.47. The maximum Gasteiger partial charge on any atom is 0.156 e. The van der Waals surface area contributed by atoms with Crippen LogP contribution in [0.15, 0.2) is 29.4 Å². The van der Waals surface area contributed by atoms with Crippen LogP contribution in [0.3, 0.4) is 0 Å². The Bertz CT molecular complexity index is 337. The third-order valence-electron chi connectivity index (χ3n) is 2.20. The van der Waals surface area contributed by atoms with Crippen molar-refractivity contribution in [1.82, 2.24) is 10.3 Å². The molecule has 0 saturated heterocycles. The molecule has 1 aliphatic heterocycles. The number of hydrogen-bond donors (Lipinski definition) is 1. The summed E-state index contributed by atoms with van der Waals surface area (Å²) >= 11 is 1.80. The summed E-state index contributed by atoms with van der Waals surface area (Å²) in [6, 6.07) is 5.95. The molecule has 3 nitrogen and oxygen atoms in total. The minimum Gasteiger partial charge on any atom is -0.359 e.